The fourth-order valence-corrected chi connectivity index (χ4v) is 9.36. The summed E-state index contributed by atoms with van der Waals surface area (Å²) in [4.78, 5) is 15.0. The quantitative estimate of drug-likeness (QED) is 0.179. The molecule has 0 atom stereocenters. The van der Waals surface area contributed by atoms with Crippen LogP contribution >= 0.6 is 0 Å². The number of hydrogen-bond donors (Lipinski definition) is 0. The first kappa shape index (κ1) is 31.8. The average molecular weight is 708 g/mol. The molecule has 1 fully saturated rings. The van der Waals surface area contributed by atoms with Crippen LogP contribution in [0.5, 0.6) is 0 Å². The molecular weight excluding hydrogens is 671 g/mol. The molecule has 1 saturated carbocycles. The SMILES string of the molecule is c1ccc(-c2nc(-c3ccc(-c4ccc(-c5cccc6c5-c5ccccc5C65CCCCC5)cc4)cc3)nc(-c3cccc4c3oc3ccccc34)n2)cc1. The minimum atomic E-state index is 0.157. The third kappa shape index (κ3) is 5.16. The summed E-state index contributed by atoms with van der Waals surface area (Å²) in [5.74, 6) is 1.82. The average Bonchev–Trinajstić information content (AvgIpc) is 3.78. The first-order chi connectivity index (χ1) is 27.2. The summed E-state index contributed by atoms with van der Waals surface area (Å²) in [6.07, 6.45) is 6.42. The molecule has 2 aromatic heterocycles. The van der Waals surface area contributed by atoms with Crippen molar-refractivity contribution in [2.24, 2.45) is 0 Å². The van der Waals surface area contributed by atoms with Crippen molar-refractivity contribution in [1.82, 2.24) is 15.0 Å². The van der Waals surface area contributed by atoms with Crippen molar-refractivity contribution in [2.75, 3.05) is 0 Å². The van der Waals surface area contributed by atoms with Gasteiger partial charge in [0.2, 0.25) is 0 Å². The van der Waals surface area contributed by atoms with Crippen molar-refractivity contribution in [3.63, 3.8) is 0 Å². The first-order valence-corrected chi connectivity index (χ1v) is 19.4. The normalized spacial score (nSPS) is 14.3. The van der Waals surface area contributed by atoms with Crippen molar-refractivity contribution in [2.45, 2.75) is 37.5 Å². The highest BCUT2D eigenvalue weighted by molar-refractivity contribution is 6.09. The summed E-state index contributed by atoms with van der Waals surface area (Å²) in [5, 5.41) is 2.12. The summed E-state index contributed by atoms with van der Waals surface area (Å²) in [6.45, 7) is 0. The fraction of sp³-hybridized carbons (Fsp3) is 0.118. The van der Waals surface area contributed by atoms with Gasteiger partial charge in [0.1, 0.15) is 11.2 Å². The Balaban J connectivity index is 0.950. The molecule has 1 spiro atoms. The number of rotatable bonds is 5. The van der Waals surface area contributed by atoms with Crippen molar-refractivity contribution in [1.29, 1.82) is 0 Å². The van der Waals surface area contributed by atoms with E-state index in [0.29, 0.717) is 17.5 Å². The van der Waals surface area contributed by atoms with E-state index >= 15 is 0 Å². The van der Waals surface area contributed by atoms with Crippen LogP contribution in [0.25, 0.3) is 89.5 Å². The molecule has 0 N–H and O–H groups in total. The maximum absolute atomic E-state index is 6.39. The van der Waals surface area contributed by atoms with Crippen LogP contribution in [-0.4, -0.2) is 15.0 Å². The van der Waals surface area contributed by atoms with Gasteiger partial charge >= 0.3 is 0 Å². The molecule has 11 rings (SSSR count). The zero-order valence-electron chi connectivity index (χ0n) is 30.4. The Morgan fingerprint density at radius 1 is 0.382 bits per heavy atom. The minimum Gasteiger partial charge on any atom is -0.455 e. The van der Waals surface area contributed by atoms with Gasteiger partial charge in [0.25, 0.3) is 0 Å². The van der Waals surface area contributed by atoms with Gasteiger partial charge in [-0.3, -0.25) is 0 Å². The van der Waals surface area contributed by atoms with Gasteiger partial charge in [-0.2, -0.15) is 0 Å². The highest BCUT2D eigenvalue weighted by Gasteiger charge is 2.44. The number of aromatic nitrogens is 3. The van der Waals surface area contributed by atoms with Crippen molar-refractivity contribution in [3.05, 3.63) is 175 Å². The molecule has 0 amide bonds. The standard InChI is InChI=1S/C51H37N3O/c1-3-13-36(14-4-1)48-52-49(54-50(53-48)42-19-11-18-40-39-15-6-8-22-45(39)55-47(40)42)37-29-25-34(26-30-37)33-23-27-35(28-24-33)38-17-12-21-44-46(38)41-16-5-7-20-43(41)51(44)31-9-2-10-32-51/h1,3-8,11-30H,2,9-10,31-32H2. The Bertz CT molecular complexity index is 2880. The van der Waals surface area contributed by atoms with Crippen LogP contribution in [-0.2, 0) is 5.41 Å². The first-order valence-electron chi connectivity index (χ1n) is 19.4. The highest BCUT2D eigenvalue weighted by atomic mass is 16.3. The molecule has 0 saturated heterocycles. The lowest BCUT2D eigenvalue weighted by molar-refractivity contribution is 0.353. The highest BCUT2D eigenvalue weighted by Crippen LogP contribution is 2.57. The fourth-order valence-electron chi connectivity index (χ4n) is 9.36. The molecule has 0 radical (unpaired) electrons. The van der Waals surface area contributed by atoms with Crippen LogP contribution in [0.15, 0.2) is 168 Å². The second-order valence-electron chi connectivity index (χ2n) is 15.0. The Morgan fingerprint density at radius 2 is 0.927 bits per heavy atom. The second kappa shape index (κ2) is 12.7. The van der Waals surface area contributed by atoms with Crippen LogP contribution < -0.4 is 0 Å². The molecule has 7 aromatic carbocycles. The van der Waals surface area contributed by atoms with Crippen molar-refractivity contribution in [3.8, 4) is 67.5 Å². The van der Waals surface area contributed by atoms with Gasteiger partial charge in [0.05, 0.1) is 5.56 Å². The van der Waals surface area contributed by atoms with Crippen LogP contribution in [0.2, 0.25) is 0 Å². The lowest BCUT2D eigenvalue weighted by atomic mass is 9.68. The molecule has 2 heterocycles. The molecule has 262 valence electrons. The Kier molecular flexibility index (Phi) is 7.38. The van der Waals surface area contributed by atoms with E-state index in [1.54, 1.807) is 0 Å². The molecule has 2 aliphatic rings. The summed E-state index contributed by atoms with van der Waals surface area (Å²) in [5.41, 5.74) is 15.3. The van der Waals surface area contributed by atoms with Crippen molar-refractivity contribution < 1.29 is 4.42 Å². The lowest BCUT2D eigenvalue weighted by Gasteiger charge is -2.36. The van der Waals surface area contributed by atoms with E-state index in [2.05, 4.69) is 103 Å². The Morgan fingerprint density at radius 3 is 1.71 bits per heavy atom. The van der Waals surface area contributed by atoms with Gasteiger partial charge in [-0.15, -0.1) is 0 Å². The molecule has 0 bridgehead atoms. The molecule has 4 nitrogen and oxygen atoms in total. The minimum absolute atomic E-state index is 0.157. The van der Waals surface area contributed by atoms with E-state index in [1.807, 2.05) is 60.7 Å². The van der Waals surface area contributed by atoms with Crippen LogP contribution in [0, 0.1) is 0 Å². The predicted molar refractivity (Wildman–Crippen MR) is 224 cm³/mol. The molecule has 2 aliphatic carbocycles. The zero-order valence-corrected chi connectivity index (χ0v) is 30.4. The number of para-hydroxylation sites is 2. The third-order valence-corrected chi connectivity index (χ3v) is 12.0. The van der Waals surface area contributed by atoms with Gasteiger partial charge in [0, 0.05) is 27.3 Å². The molecular formula is C51H37N3O. The van der Waals surface area contributed by atoms with E-state index in [0.717, 1.165) is 44.2 Å². The monoisotopic (exact) mass is 707 g/mol. The van der Waals surface area contributed by atoms with Crippen LogP contribution in [0.4, 0.5) is 0 Å². The van der Waals surface area contributed by atoms with Gasteiger partial charge < -0.3 is 4.42 Å². The number of furan rings is 1. The zero-order chi connectivity index (χ0) is 36.3. The van der Waals surface area contributed by atoms with Gasteiger partial charge in [0.15, 0.2) is 17.5 Å². The second-order valence-corrected chi connectivity index (χ2v) is 15.0. The van der Waals surface area contributed by atoms with Gasteiger partial charge in [-0.25, -0.2) is 15.0 Å². The van der Waals surface area contributed by atoms with E-state index in [1.165, 1.54) is 71.0 Å². The van der Waals surface area contributed by atoms with E-state index in [9.17, 15) is 0 Å². The molecule has 0 unspecified atom stereocenters. The van der Waals surface area contributed by atoms with E-state index < -0.39 is 0 Å². The number of nitrogens with zero attached hydrogens (tertiary/aromatic N) is 3. The lowest BCUT2D eigenvalue weighted by Crippen LogP contribution is -2.27. The van der Waals surface area contributed by atoms with Crippen LogP contribution in [0.1, 0.15) is 43.2 Å². The maximum atomic E-state index is 6.39. The Hall–Kier alpha value is -6.65. The van der Waals surface area contributed by atoms with E-state index in [-0.39, 0.29) is 5.41 Å². The number of benzene rings is 7. The number of hydrogen-bond acceptors (Lipinski definition) is 4. The summed E-state index contributed by atoms with van der Waals surface area (Å²) >= 11 is 0. The largest absolute Gasteiger partial charge is 0.455 e. The van der Waals surface area contributed by atoms with Gasteiger partial charge in [-0.1, -0.05) is 171 Å². The molecule has 4 heteroatoms. The smallest absolute Gasteiger partial charge is 0.167 e. The summed E-state index contributed by atoms with van der Waals surface area (Å²) < 4.78 is 6.39. The molecule has 9 aromatic rings. The topological polar surface area (TPSA) is 51.8 Å². The van der Waals surface area contributed by atoms with Gasteiger partial charge in [-0.05, 0) is 69.5 Å². The summed E-state index contributed by atoms with van der Waals surface area (Å²) in [7, 11) is 0. The van der Waals surface area contributed by atoms with E-state index in [4.69, 9.17) is 19.4 Å². The molecule has 55 heavy (non-hydrogen) atoms. The van der Waals surface area contributed by atoms with Crippen LogP contribution in [0.3, 0.4) is 0 Å². The molecule has 0 aliphatic heterocycles. The van der Waals surface area contributed by atoms with Crippen molar-refractivity contribution >= 4 is 21.9 Å². The number of fused-ring (bicyclic) bond motifs is 8. The summed E-state index contributed by atoms with van der Waals surface area (Å²) in [6, 6.07) is 58.2. The third-order valence-electron chi connectivity index (χ3n) is 12.0. The Labute approximate surface area is 320 Å². The maximum Gasteiger partial charge on any atom is 0.167 e. The predicted octanol–water partition coefficient (Wildman–Crippen LogP) is 13.3.